The molecule has 0 aliphatic heterocycles. The van der Waals surface area contributed by atoms with E-state index in [2.05, 4.69) is 63.9 Å². The van der Waals surface area contributed by atoms with Gasteiger partial charge >= 0.3 is 0 Å². The molecule has 108 valence electrons. The largest absolute Gasteiger partial charge is 0.323 e. The molecule has 1 aromatic carbocycles. The first-order valence-electron chi connectivity index (χ1n) is 7.57. The first kappa shape index (κ1) is 16.2. The summed E-state index contributed by atoms with van der Waals surface area (Å²) >= 11 is 0. The van der Waals surface area contributed by atoms with Gasteiger partial charge in [-0.15, -0.1) is 0 Å². The van der Waals surface area contributed by atoms with E-state index in [0.717, 1.165) is 6.42 Å². The summed E-state index contributed by atoms with van der Waals surface area (Å²) in [6, 6.07) is 9.76. The molecular weight excluding hydrogens is 232 g/mol. The van der Waals surface area contributed by atoms with Crippen LogP contribution >= 0.6 is 0 Å². The predicted octanol–water partition coefficient (Wildman–Crippen LogP) is 3.76. The maximum absolute atomic E-state index is 6.42. The normalized spacial score (nSPS) is 16.4. The van der Waals surface area contributed by atoms with E-state index < -0.39 is 0 Å². The molecule has 0 aliphatic rings. The molecule has 0 radical (unpaired) electrons. The first-order chi connectivity index (χ1) is 9.01. The fraction of sp³-hybridized carbons (Fsp3) is 0.647. The molecule has 0 heterocycles. The van der Waals surface area contributed by atoms with Crippen LogP contribution in [0.15, 0.2) is 24.3 Å². The monoisotopic (exact) mass is 262 g/mol. The molecule has 0 fully saturated rings. The van der Waals surface area contributed by atoms with E-state index in [1.54, 1.807) is 0 Å². The smallest absolute Gasteiger partial charge is 0.0450 e. The van der Waals surface area contributed by atoms with E-state index in [1.165, 1.54) is 24.0 Å². The number of aryl methyl sites for hydroxylation is 1. The summed E-state index contributed by atoms with van der Waals surface area (Å²) in [7, 11) is 2.19. The van der Waals surface area contributed by atoms with Crippen molar-refractivity contribution in [3.8, 4) is 0 Å². The molecule has 0 aliphatic carbocycles. The lowest BCUT2D eigenvalue weighted by atomic mass is 9.97. The minimum absolute atomic E-state index is 0.0789. The number of benzene rings is 1. The first-order valence-corrected chi connectivity index (χ1v) is 7.57. The Morgan fingerprint density at radius 2 is 1.68 bits per heavy atom. The molecule has 3 unspecified atom stereocenters. The molecule has 2 heteroatoms. The minimum Gasteiger partial charge on any atom is -0.323 e. The third-order valence-electron chi connectivity index (χ3n) is 4.34. The third-order valence-corrected chi connectivity index (χ3v) is 4.34. The predicted molar refractivity (Wildman–Crippen MR) is 84.3 cm³/mol. The lowest BCUT2D eigenvalue weighted by molar-refractivity contribution is 0.165. The van der Waals surface area contributed by atoms with Gasteiger partial charge in [-0.2, -0.15) is 0 Å². The van der Waals surface area contributed by atoms with E-state index in [4.69, 9.17) is 5.73 Å². The zero-order valence-electron chi connectivity index (χ0n) is 13.2. The van der Waals surface area contributed by atoms with Crippen LogP contribution < -0.4 is 5.73 Å². The van der Waals surface area contributed by atoms with Crippen LogP contribution in [0.2, 0.25) is 0 Å². The van der Waals surface area contributed by atoms with Crippen molar-refractivity contribution in [2.75, 3.05) is 7.05 Å². The summed E-state index contributed by atoms with van der Waals surface area (Å²) in [5.41, 5.74) is 9.03. The van der Waals surface area contributed by atoms with Gasteiger partial charge in [-0.1, -0.05) is 44.5 Å². The van der Waals surface area contributed by atoms with Gasteiger partial charge in [0.25, 0.3) is 0 Å². The number of nitrogens with zero attached hydrogens (tertiary/aromatic N) is 1. The molecule has 0 saturated carbocycles. The fourth-order valence-electron chi connectivity index (χ4n) is 2.53. The van der Waals surface area contributed by atoms with Crippen molar-refractivity contribution in [3.05, 3.63) is 35.4 Å². The molecule has 0 spiro atoms. The van der Waals surface area contributed by atoms with Gasteiger partial charge in [-0.25, -0.2) is 0 Å². The molecule has 2 N–H and O–H groups in total. The molecule has 19 heavy (non-hydrogen) atoms. The van der Waals surface area contributed by atoms with Gasteiger partial charge in [-0.05, 0) is 44.9 Å². The zero-order valence-corrected chi connectivity index (χ0v) is 13.2. The summed E-state index contributed by atoms with van der Waals surface area (Å²) in [6.45, 7) is 8.92. The van der Waals surface area contributed by atoms with Crippen molar-refractivity contribution in [3.63, 3.8) is 0 Å². The van der Waals surface area contributed by atoms with Gasteiger partial charge in [0.05, 0.1) is 0 Å². The van der Waals surface area contributed by atoms with Gasteiger partial charge in [0.1, 0.15) is 0 Å². The van der Waals surface area contributed by atoms with Crippen molar-refractivity contribution >= 4 is 0 Å². The minimum atomic E-state index is 0.0789. The van der Waals surface area contributed by atoms with Gasteiger partial charge in [0.15, 0.2) is 0 Å². The standard InChI is InChI=1S/C17H30N2/c1-6-8-13(3)19(5)14(4)17(18)16-11-9-15(7-2)10-12-16/h9-14,17H,6-8,18H2,1-5H3. The van der Waals surface area contributed by atoms with Crippen molar-refractivity contribution in [1.82, 2.24) is 4.90 Å². The number of rotatable bonds is 7. The fourth-order valence-corrected chi connectivity index (χ4v) is 2.53. The van der Waals surface area contributed by atoms with E-state index in [1.807, 2.05) is 0 Å². The Hall–Kier alpha value is -0.860. The highest BCUT2D eigenvalue weighted by atomic mass is 15.2. The highest BCUT2D eigenvalue weighted by Crippen LogP contribution is 2.21. The Labute approximate surface area is 119 Å². The molecular formula is C17H30N2. The second kappa shape index (κ2) is 7.66. The summed E-state index contributed by atoms with van der Waals surface area (Å²) in [5, 5.41) is 0. The Bertz CT molecular complexity index is 358. The van der Waals surface area contributed by atoms with Crippen molar-refractivity contribution in [2.45, 2.75) is 65.1 Å². The molecule has 0 saturated heterocycles. The van der Waals surface area contributed by atoms with Crippen molar-refractivity contribution in [2.24, 2.45) is 5.73 Å². The maximum Gasteiger partial charge on any atom is 0.0450 e. The lowest BCUT2D eigenvalue weighted by Gasteiger charge is -2.34. The number of hydrogen-bond acceptors (Lipinski definition) is 2. The van der Waals surface area contributed by atoms with Gasteiger partial charge in [-0.3, -0.25) is 4.90 Å². The Morgan fingerprint density at radius 3 is 2.16 bits per heavy atom. The highest BCUT2D eigenvalue weighted by molar-refractivity contribution is 5.25. The van der Waals surface area contributed by atoms with E-state index >= 15 is 0 Å². The van der Waals surface area contributed by atoms with Crippen LogP contribution in [-0.4, -0.2) is 24.0 Å². The Balaban J connectivity index is 2.71. The highest BCUT2D eigenvalue weighted by Gasteiger charge is 2.22. The van der Waals surface area contributed by atoms with Crippen LogP contribution in [0, 0.1) is 0 Å². The number of nitrogens with two attached hydrogens (primary N) is 1. The van der Waals surface area contributed by atoms with Gasteiger partial charge in [0.2, 0.25) is 0 Å². The van der Waals surface area contributed by atoms with Crippen molar-refractivity contribution < 1.29 is 0 Å². The van der Waals surface area contributed by atoms with Crippen LogP contribution in [0.3, 0.4) is 0 Å². The van der Waals surface area contributed by atoms with E-state index in [-0.39, 0.29) is 6.04 Å². The molecule has 0 bridgehead atoms. The number of likely N-dealkylation sites (N-methyl/N-ethyl adjacent to an activating group) is 1. The zero-order chi connectivity index (χ0) is 14.4. The van der Waals surface area contributed by atoms with Crippen molar-refractivity contribution in [1.29, 1.82) is 0 Å². The topological polar surface area (TPSA) is 29.3 Å². The van der Waals surface area contributed by atoms with Crippen LogP contribution in [0.25, 0.3) is 0 Å². The maximum atomic E-state index is 6.42. The second-order valence-electron chi connectivity index (χ2n) is 5.66. The van der Waals surface area contributed by atoms with E-state index in [0.29, 0.717) is 12.1 Å². The quantitative estimate of drug-likeness (QED) is 0.810. The average Bonchev–Trinajstić information content (AvgIpc) is 2.45. The molecule has 0 aromatic heterocycles. The molecule has 1 rings (SSSR count). The molecule has 0 amide bonds. The van der Waals surface area contributed by atoms with Crippen LogP contribution in [0.1, 0.15) is 57.7 Å². The average molecular weight is 262 g/mol. The summed E-state index contributed by atoms with van der Waals surface area (Å²) < 4.78 is 0. The van der Waals surface area contributed by atoms with Crippen LogP contribution in [0.5, 0.6) is 0 Å². The molecule has 2 nitrogen and oxygen atoms in total. The lowest BCUT2D eigenvalue weighted by Crippen LogP contribution is -2.43. The number of hydrogen-bond donors (Lipinski definition) is 1. The van der Waals surface area contributed by atoms with Crippen LogP contribution in [-0.2, 0) is 6.42 Å². The summed E-state index contributed by atoms with van der Waals surface area (Å²) in [4.78, 5) is 2.40. The molecule has 1 aromatic rings. The SMILES string of the molecule is CCCC(C)N(C)C(C)C(N)c1ccc(CC)cc1. The Kier molecular flexibility index (Phi) is 6.53. The Morgan fingerprint density at radius 1 is 1.11 bits per heavy atom. The molecule has 3 atom stereocenters. The second-order valence-corrected chi connectivity index (χ2v) is 5.66. The summed E-state index contributed by atoms with van der Waals surface area (Å²) in [5.74, 6) is 0. The third kappa shape index (κ3) is 4.32. The van der Waals surface area contributed by atoms with Crippen LogP contribution in [0.4, 0.5) is 0 Å². The van der Waals surface area contributed by atoms with Gasteiger partial charge in [0, 0.05) is 18.1 Å². The van der Waals surface area contributed by atoms with E-state index in [9.17, 15) is 0 Å². The van der Waals surface area contributed by atoms with Gasteiger partial charge < -0.3 is 5.73 Å². The summed E-state index contributed by atoms with van der Waals surface area (Å²) in [6.07, 6.45) is 3.53.